The fourth-order valence-corrected chi connectivity index (χ4v) is 5.00. The number of fused-ring (bicyclic) bond motifs is 1. The highest BCUT2D eigenvalue weighted by Gasteiger charge is 2.58. The molecule has 28 heavy (non-hydrogen) atoms. The lowest BCUT2D eigenvalue weighted by Crippen LogP contribution is -2.56. The average molecular weight is 383 g/mol. The zero-order chi connectivity index (χ0) is 19.8. The number of nitrogens with zero attached hydrogens (tertiary/aromatic N) is 2. The molecule has 4 nitrogen and oxygen atoms in total. The fraction of sp³-hybridized carbons (Fsp3) is 0.500. The number of benzene rings is 2. The second kappa shape index (κ2) is 7.60. The molecule has 4 atom stereocenters. The number of quaternary nitrogens is 2. The lowest BCUT2D eigenvalue weighted by Gasteiger charge is -2.38. The SMILES string of the molecule is C[N+](C)(Cc1ccccc1)[C@H]1CO[C@H]2[C@@H]1OC[C@@H]2[N+](C)(C)Cc1ccccc1. The van der Waals surface area contributed by atoms with E-state index in [4.69, 9.17) is 9.47 Å². The lowest BCUT2D eigenvalue weighted by molar-refractivity contribution is -0.929. The molecule has 2 aromatic rings. The summed E-state index contributed by atoms with van der Waals surface area (Å²) in [7, 11) is 9.24. The molecule has 0 radical (unpaired) electrons. The monoisotopic (exact) mass is 382 g/mol. The molecule has 2 heterocycles. The van der Waals surface area contributed by atoms with E-state index < -0.39 is 0 Å². The normalized spacial score (nSPS) is 27.7. The second-order valence-corrected chi connectivity index (χ2v) is 9.58. The van der Waals surface area contributed by atoms with Crippen molar-refractivity contribution in [3.8, 4) is 0 Å². The molecule has 0 bridgehead atoms. The van der Waals surface area contributed by atoms with Gasteiger partial charge in [-0.3, -0.25) is 0 Å². The average Bonchev–Trinajstić information content (AvgIpc) is 3.24. The molecule has 2 aromatic carbocycles. The fourth-order valence-electron chi connectivity index (χ4n) is 5.00. The Morgan fingerprint density at radius 2 is 1.00 bits per heavy atom. The van der Waals surface area contributed by atoms with Crippen LogP contribution in [0.2, 0.25) is 0 Å². The van der Waals surface area contributed by atoms with E-state index in [1.807, 2.05) is 0 Å². The van der Waals surface area contributed by atoms with Crippen LogP contribution in [0.3, 0.4) is 0 Å². The highest BCUT2D eigenvalue weighted by atomic mass is 16.6. The maximum atomic E-state index is 6.39. The Morgan fingerprint density at radius 3 is 1.36 bits per heavy atom. The first-order chi connectivity index (χ1) is 13.4. The van der Waals surface area contributed by atoms with Crippen molar-refractivity contribution in [3.63, 3.8) is 0 Å². The van der Waals surface area contributed by atoms with E-state index in [1.165, 1.54) is 11.1 Å². The van der Waals surface area contributed by atoms with Gasteiger partial charge in [0.1, 0.15) is 50.6 Å². The van der Waals surface area contributed by atoms with E-state index in [0.717, 1.165) is 35.3 Å². The second-order valence-electron chi connectivity index (χ2n) is 9.58. The molecular formula is C24H34N2O2+2. The molecule has 2 fully saturated rings. The number of rotatable bonds is 6. The highest BCUT2D eigenvalue weighted by molar-refractivity contribution is 5.14. The zero-order valence-corrected chi connectivity index (χ0v) is 17.6. The minimum atomic E-state index is 0.178. The molecule has 2 aliphatic rings. The first-order valence-electron chi connectivity index (χ1n) is 10.3. The number of hydrogen-bond donors (Lipinski definition) is 0. The van der Waals surface area contributed by atoms with Crippen LogP contribution in [0.4, 0.5) is 0 Å². The van der Waals surface area contributed by atoms with Gasteiger partial charge in [-0.1, -0.05) is 60.7 Å². The predicted octanol–water partition coefficient (Wildman–Crippen LogP) is 3.07. The van der Waals surface area contributed by atoms with Gasteiger partial charge in [0.05, 0.1) is 28.2 Å². The molecule has 0 aliphatic carbocycles. The van der Waals surface area contributed by atoms with Gasteiger partial charge in [-0.15, -0.1) is 0 Å². The summed E-state index contributed by atoms with van der Waals surface area (Å²) >= 11 is 0. The maximum Gasteiger partial charge on any atom is 0.144 e. The standard InChI is InChI=1S/C24H34N2O2/c1-25(2,15-19-11-7-5-8-12-19)21-17-27-24-22(18-28-23(21)24)26(3,4)16-20-13-9-6-10-14-20/h5-14,21-24H,15-18H2,1-4H3/q+2/t21-,22-,23+,24+/m0/s1. The van der Waals surface area contributed by atoms with Gasteiger partial charge >= 0.3 is 0 Å². The molecule has 150 valence electrons. The molecule has 0 aromatic heterocycles. The van der Waals surface area contributed by atoms with Crippen LogP contribution in [0.5, 0.6) is 0 Å². The van der Waals surface area contributed by atoms with E-state index in [2.05, 4.69) is 88.9 Å². The van der Waals surface area contributed by atoms with Crippen molar-refractivity contribution in [2.75, 3.05) is 41.4 Å². The Labute approximate surface area is 169 Å². The van der Waals surface area contributed by atoms with Crippen molar-refractivity contribution in [1.29, 1.82) is 0 Å². The third-order valence-corrected chi connectivity index (χ3v) is 6.66. The molecule has 2 aliphatic heterocycles. The van der Waals surface area contributed by atoms with Gasteiger partial charge in [-0.2, -0.15) is 0 Å². The summed E-state index contributed by atoms with van der Waals surface area (Å²) in [5.41, 5.74) is 2.73. The van der Waals surface area contributed by atoms with Crippen LogP contribution in [0.15, 0.2) is 60.7 Å². The maximum absolute atomic E-state index is 6.39. The van der Waals surface area contributed by atoms with Crippen LogP contribution < -0.4 is 0 Å². The Bertz CT molecular complexity index is 708. The van der Waals surface area contributed by atoms with E-state index >= 15 is 0 Å². The topological polar surface area (TPSA) is 18.5 Å². The van der Waals surface area contributed by atoms with Crippen molar-refractivity contribution in [2.45, 2.75) is 37.4 Å². The van der Waals surface area contributed by atoms with Crippen molar-refractivity contribution < 1.29 is 18.4 Å². The minimum absolute atomic E-state index is 0.178. The zero-order valence-electron chi connectivity index (χ0n) is 17.6. The number of likely N-dealkylation sites (N-methyl/N-ethyl adjacent to an activating group) is 2. The molecule has 0 N–H and O–H groups in total. The quantitative estimate of drug-likeness (QED) is 0.715. The molecule has 0 unspecified atom stereocenters. The summed E-state index contributed by atoms with van der Waals surface area (Å²) in [6.07, 6.45) is 0.355. The van der Waals surface area contributed by atoms with Crippen molar-refractivity contribution >= 4 is 0 Å². The van der Waals surface area contributed by atoms with Gasteiger partial charge in [0.15, 0.2) is 0 Å². The van der Waals surface area contributed by atoms with Crippen LogP contribution in [0.25, 0.3) is 0 Å². The van der Waals surface area contributed by atoms with E-state index in [1.54, 1.807) is 0 Å². The Hall–Kier alpha value is -1.72. The first kappa shape index (κ1) is 19.6. The largest absolute Gasteiger partial charge is 0.363 e. The van der Waals surface area contributed by atoms with E-state index in [-0.39, 0.29) is 12.2 Å². The van der Waals surface area contributed by atoms with Crippen LogP contribution in [-0.2, 0) is 22.6 Å². The van der Waals surface area contributed by atoms with Crippen LogP contribution in [0, 0.1) is 0 Å². The van der Waals surface area contributed by atoms with Crippen LogP contribution in [0.1, 0.15) is 11.1 Å². The van der Waals surface area contributed by atoms with Gasteiger partial charge in [0, 0.05) is 11.1 Å². The molecule has 0 saturated carbocycles. The summed E-state index contributed by atoms with van der Waals surface area (Å²) in [5, 5.41) is 0. The highest BCUT2D eigenvalue weighted by Crippen LogP contribution is 2.37. The van der Waals surface area contributed by atoms with Crippen molar-refractivity contribution in [1.82, 2.24) is 0 Å². The molecule has 4 rings (SSSR count). The van der Waals surface area contributed by atoms with Crippen molar-refractivity contribution in [3.05, 3.63) is 71.8 Å². The summed E-state index contributed by atoms with van der Waals surface area (Å²) < 4.78 is 14.6. The Balaban J connectivity index is 1.46. The first-order valence-corrected chi connectivity index (χ1v) is 10.3. The molecule has 0 amide bonds. The lowest BCUT2D eigenvalue weighted by atomic mass is 10.0. The van der Waals surface area contributed by atoms with Crippen LogP contribution in [-0.4, -0.2) is 74.7 Å². The van der Waals surface area contributed by atoms with E-state index in [0.29, 0.717) is 12.1 Å². The molecular weight excluding hydrogens is 348 g/mol. The smallest absolute Gasteiger partial charge is 0.144 e. The van der Waals surface area contributed by atoms with Gasteiger partial charge in [0.25, 0.3) is 0 Å². The van der Waals surface area contributed by atoms with Gasteiger partial charge in [-0.25, -0.2) is 0 Å². The predicted molar refractivity (Wildman–Crippen MR) is 112 cm³/mol. The number of hydrogen-bond acceptors (Lipinski definition) is 2. The molecule has 0 spiro atoms. The Morgan fingerprint density at radius 1 is 0.643 bits per heavy atom. The molecule has 4 heteroatoms. The van der Waals surface area contributed by atoms with Gasteiger partial charge in [0.2, 0.25) is 0 Å². The summed E-state index contributed by atoms with van der Waals surface area (Å²) in [6.45, 7) is 3.54. The Kier molecular flexibility index (Phi) is 5.32. The van der Waals surface area contributed by atoms with Crippen molar-refractivity contribution in [2.24, 2.45) is 0 Å². The summed E-state index contributed by atoms with van der Waals surface area (Å²) in [5.74, 6) is 0. The third-order valence-electron chi connectivity index (χ3n) is 6.66. The van der Waals surface area contributed by atoms with Gasteiger partial charge < -0.3 is 18.4 Å². The van der Waals surface area contributed by atoms with Crippen LogP contribution >= 0.6 is 0 Å². The molecule has 2 saturated heterocycles. The van der Waals surface area contributed by atoms with Gasteiger partial charge in [-0.05, 0) is 0 Å². The summed E-state index contributed by atoms with van der Waals surface area (Å²) in [6, 6.07) is 22.2. The van der Waals surface area contributed by atoms with E-state index in [9.17, 15) is 0 Å². The number of ether oxygens (including phenoxy) is 2. The minimum Gasteiger partial charge on any atom is -0.363 e. The third kappa shape index (κ3) is 3.87. The summed E-state index contributed by atoms with van der Waals surface area (Å²) in [4.78, 5) is 0.